The van der Waals surface area contributed by atoms with Crippen molar-refractivity contribution < 1.29 is 14.0 Å². The number of rotatable bonds is 3. The lowest BCUT2D eigenvalue weighted by atomic mass is 9.79. The van der Waals surface area contributed by atoms with Crippen LogP contribution in [0.4, 0.5) is 0 Å². The first-order valence-electron chi connectivity index (χ1n) is 6.41. The van der Waals surface area contributed by atoms with Crippen molar-refractivity contribution in [3.8, 4) is 5.88 Å². The van der Waals surface area contributed by atoms with Gasteiger partial charge in [-0.15, -0.1) is 0 Å². The lowest BCUT2D eigenvalue weighted by Crippen LogP contribution is -2.41. The largest absolute Gasteiger partial charge is 0.496 e. The van der Waals surface area contributed by atoms with Gasteiger partial charge in [0.2, 0.25) is 5.88 Å². The van der Waals surface area contributed by atoms with Gasteiger partial charge in [-0.1, -0.05) is 11.6 Å². The molecule has 2 heterocycles. The van der Waals surface area contributed by atoms with Gasteiger partial charge in [0.25, 0.3) is 0 Å². The molecular formula is C13H19BClNO3. The molecule has 1 fully saturated rings. The number of halogens is 1. The van der Waals surface area contributed by atoms with Crippen LogP contribution in [-0.2, 0) is 9.31 Å². The molecule has 104 valence electrons. The van der Waals surface area contributed by atoms with Gasteiger partial charge in [0.15, 0.2) is 0 Å². The quantitative estimate of drug-likeness (QED) is 0.799. The monoisotopic (exact) mass is 283 g/mol. The molecule has 2 rings (SSSR count). The van der Waals surface area contributed by atoms with Gasteiger partial charge in [-0.25, -0.2) is 4.98 Å². The minimum absolute atomic E-state index is 0.393. The predicted octanol–water partition coefficient (Wildman–Crippen LogP) is 2.43. The molecule has 19 heavy (non-hydrogen) atoms. The maximum atomic E-state index is 6.18. The van der Waals surface area contributed by atoms with E-state index in [0.717, 1.165) is 5.46 Å². The first-order chi connectivity index (χ1) is 8.77. The summed E-state index contributed by atoms with van der Waals surface area (Å²) in [5.74, 6) is 0.525. The van der Waals surface area contributed by atoms with Crippen molar-refractivity contribution in [2.75, 3.05) is 6.61 Å². The Balaban J connectivity index is 2.31. The zero-order chi connectivity index (χ0) is 14.3. The molecule has 0 bridgehead atoms. The van der Waals surface area contributed by atoms with Gasteiger partial charge in [-0.2, -0.15) is 0 Å². The van der Waals surface area contributed by atoms with E-state index in [4.69, 9.17) is 25.6 Å². The summed E-state index contributed by atoms with van der Waals surface area (Å²) in [6.45, 7) is 10.5. The Hall–Kier alpha value is -0.775. The Bertz CT molecular complexity index is 463. The molecule has 0 saturated carbocycles. The normalized spacial score (nSPS) is 20.6. The van der Waals surface area contributed by atoms with E-state index in [1.165, 1.54) is 0 Å². The average molecular weight is 284 g/mol. The summed E-state index contributed by atoms with van der Waals surface area (Å²) in [6, 6.07) is 1.77. The number of ether oxygens (including phenoxy) is 1. The van der Waals surface area contributed by atoms with E-state index >= 15 is 0 Å². The molecule has 0 atom stereocenters. The molecule has 0 spiro atoms. The molecule has 1 aromatic heterocycles. The van der Waals surface area contributed by atoms with Gasteiger partial charge in [0.1, 0.15) is 0 Å². The third-order valence-electron chi connectivity index (χ3n) is 3.66. The van der Waals surface area contributed by atoms with Crippen LogP contribution in [0.5, 0.6) is 5.88 Å². The standard InChI is InChI=1S/C13H19BClNO3/c1-6-17-11-7-9(10(15)8-16-11)14-18-12(2,3)13(4,5)19-14/h7-8H,6H2,1-5H3. The van der Waals surface area contributed by atoms with E-state index in [1.54, 1.807) is 12.3 Å². The molecule has 1 aliphatic heterocycles. The van der Waals surface area contributed by atoms with Crippen LogP contribution in [-0.4, -0.2) is 29.9 Å². The van der Waals surface area contributed by atoms with Crippen LogP contribution >= 0.6 is 11.6 Å². The van der Waals surface area contributed by atoms with E-state index in [1.807, 2.05) is 34.6 Å². The van der Waals surface area contributed by atoms with Crippen molar-refractivity contribution in [1.29, 1.82) is 0 Å². The lowest BCUT2D eigenvalue weighted by Gasteiger charge is -2.32. The highest BCUT2D eigenvalue weighted by atomic mass is 35.5. The molecule has 1 aliphatic rings. The van der Waals surface area contributed by atoms with Gasteiger partial charge in [0, 0.05) is 17.7 Å². The van der Waals surface area contributed by atoms with Crippen LogP contribution in [0.25, 0.3) is 0 Å². The van der Waals surface area contributed by atoms with E-state index in [9.17, 15) is 0 Å². The Kier molecular flexibility index (Phi) is 3.82. The molecule has 0 radical (unpaired) electrons. The second kappa shape index (κ2) is 4.96. The highest BCUT2D eigenvalue weighted by Gasteiger charge is 2.52. The zero-order valence-electron chi connectivity index (χ0n) is 12.0. The minimum atomic E-state index is -0.500. The number of nitrogens with zero attached hydrogens (tertiary/aromatic N) is 1. The molecule has 4 nitrogen and oxygen atoms in total. The van der Waals surface area contributed by atoms with E-state index in [2.05, 4.69) is 4.98 Å². The molecular weight excluding hydrogens is 264 g/mol. The molecule has 6 heteroatoms. The van der Waals surface area contributed by atoms with Crippen LogP contribution in [0.15, 0.2) is 12.3 Å². The SMILES string of the molecule is CCOc1cc(B2OC(C)(C)C(C)(C)O2)c(Cl)cn1. The molecule has 0 unspecified atom stereocenters. The summed E-state index contributed by atoms with van der Waals surface area (Å²) in [4.78, 5) is 4.11. The van der Waals surface area contributed by atoms with E-state index < -0.39 is 18.3 Å². The first kappa shape index (κ1) is 14.6. The van der Waals surface area contributed by atoms with Gasteiger partial charge in [0.05, 0.1) is 22.8 Å². The maximum Gasteiger partial charge on any atom is 0.496 e. The summed E-state index contributed by atoms with van der Waals surface area (Å²) < 4.78 is 17.3. The first-order valence-corrected chi connectivity index (χ1v) is 6.78. The van der Waals surface area contributed by atoms with Crippen molar-refractivity contribution in [3.63, 3.8) is 0 Å². The average Bonchev–Trinajstić information content (AvgIpc) is 2.51. The fourth-order valence-electron chi connectivity index (χ4n) is 1.81. The topological polar surface area (TPSA) is 40.6 Å². The maximum absolute atomic E-state index is 6.18. The summed E-state index contributed by atoms with van der Waals surface area (Å²) in [5.41, 5.74) is -0.0368. The Morgan fingerprint density at radius 1 is 1.26 bits per heavy atom. The molecule has 0 N–H and O–H groups in total. The summed E-state index contributed by atoms with van der Waals surface area (Å²) in [6.07, 6.45) is 1.56. The van der Waals surface area contributed by atoms with Crippen LogP contribution < -0.4 is 10.2 Å². The van der Waals surface area contributed by atoms with Gasteiger partial charge in [-0.05, 0) is 34.6 Å². The van der Waals surface area contributed by atoms with Gasteiger partial charge >= 0.3 is 7.12 Å². The van der Waals surface area contributed by atoms with Crippen molar-refractivity contribution in [1.82, 2.24) is 4.98 Å². The van der Waals surface area contributed by atoms with Crippen LogP contribution in [0, 0.1) is 0 Å². The smallest absolute Gasteiger partial charge is 0.478 e. The second-order valence-electron chi connectivity index (χ2n) is 5.57. The molecule has 1 saturated heterocycles. The second-order valence-corrected chi connectivity index (χ2v) is 5.97. The van der Waals surface area contributed by atoms with E-state index in [0.29, 0.717) is 17.5 Å². The fraction of sp³-hybridized carbons (Fsp3) is 0.615. The highest BCUT2D eigenvalue weighted by molar-refractivity contribution is 6.65. The summed E-state index contributed by atoms with van der Waals surface area (Å²) in [7, 11) is -0.500. The third kappa shape index (κ3) is 2.73. The number of hydrogen-bond donors (Lipinski definition) is 0. The minimum Gasteiger partial charge on any atom is -0.478 e. The molecule has 0 amide bonds. The van der Waals surface area contributed by atoms with E-state index in [-0.39, 0.29) is 0 Å². The van der Waals surface area contributed by atoms with Crippen molar-refractivity contribution in [3.05, 3.63) is 17.3 Å². The van der Waals surface area contributed by atoms with Crippen molar-refractivity contribution in [2.45, 2.75) is 45.8 Å². The number of aromatic nitrogens is 1. The van der Waals surface area contributed by atoms with Gasteiger partial charge in [-0.3, -0.25) is 0 Å². The Labute approximate surface area is 119 Å². The summed E-state index contributed by atoms with van der Waals surface area (Å²) in [5, 5.41) is 0.516. The molecule has 0 aromatic carbocycles. The van der Waals surface area contributed by atoms with Crippen molar-refractivity contribution in [2.24, 2.45) is 0 Å². The Morgan fingerprint density at radius 3 is 2.37 bits per heavy atom. The van der Waals surface area contributed by atoms with Crippen LogP contribution in [0.3, 0.4) is 0 Å². The summed E-state index contributed by atoms with van der Waals surface area (Å²) >= 11 is 6.18. The molecule has 0 aliphatic carbocycles. The molecule has 1 aromatic rings. The van der Waals surface area contributed by atoms with Gasteiger partial charge < -0.3 is 14.0 Å². The van der Waals surface area contributed by atoms with Crippen LogP contribution in [0.2, 0.25) is 5.02 Å². The lowest BCUT2D eigenvalue weighted by molar-refractivity contribution is 0.00578. The Morgan fingerprint density at radius 2 is 1.84 bits per heavy atom. The zero-order valence-corrected chi connectivity index (χ0v) is 12.7. The van der Waals surface area contributed by atoms with Crippen LogP contribution in [0.1, 0.15) is 34.6 Å². The van der Waals surface area contributed by atoms with Crippen molar-refractivity contribution >= 4 is 24.2 Å². The highest BCUT2D eigenvalue weighted by Crippen LogP contribution is 2.37. The third-order valence-corrected chi connectivity index (χ3v) is 3.98. The number of pyridine rings is 1. The fourth-order valence-corrected chi connectivity index (χ4v) is 2.00. The number of hydrogen-bond acceptors (Lipinski definition) is 4. The predicted molar refractivity (Wildman–Crippen MR) is 76.1 cm³/mol.